The van der Waals surface area contributed by atoms with Crippen molar-refractivity contribution in [2.24, 2.45) is 0 Å². The van der Waals surface area contributed by atoms with Crippen molar-refractivity contribution in [2.45, 2.75) is 13.8 Å². The van der Waals surface area contributed by atoms with E-state index >= 15 is 0 Å². The molecule has 1 nitrogen and oxygen atoms in total. The van der Waals surface area contributed by atoms with Crippen LogP contribution in [-0.4, -0.2) is 4.98 Å². The van der Waals surface area contributed by atoms with Crippen LogP contribution in [0.5, 0.6) is 0 Å². The Bertz CT molecular complexity index is 889. The third-order valence-corrected chi connectivity index (χ3v) is 4.88. The Kier molecular flexibility index (Phi) is 2.18. The zero-order valence-corrected chi connectivity index (χ0v) is 11.7. The maximum atomic E-state index is 4.85. The molecule has 0 bridgehead atoms. The normalized spacial score (nSPS) is 11.7. The molecule has 19 heavy (non-hydrogen) atoms. The van der Waals surface area contributed by atoms with E-state index in [0.29, 0.717) is 0 Å². The standard InChI is InChI=1S/C17H13NS/c1-10-7-8-14-16(11(10)2)13-9-19-15-6-4-3-5-12(15)17(13)18-14/h3-9H,1-2H3. The fourth-order valence-corrected chi connectivity index (χ4v) is 3.66. The minimum absolute atomic E-state index is 1.11. The Labute approximate surface area is 115 Å². The Morgan fingerprint density at radius 2 is 1.84 bits per heavy atom. The van der Waals surface area contributed by atoms with Crippen LogP contribution in [0.25, 0.3) is 32.2 Å². The summed E-state index contributed by atoms with van der Waals surface area (Å²) in [6.45, 7) is 4.36. The molecule has 0 unspecified atom stereocenters. The van der Waals surface area contributed by atoms with E-state index in [1.165, 1.54) is 32.2 Å². The van der Waals surface area contributed by atoms with Crippen LogP contribution in [0.3, 0.4) is 0 Å². The first-order valence-corrected chi connectivity index (χ1v) is 7.29. The molecule has 0 aliphatic carbocycles. The third-order valence-electron chi connectivity index (χ3n) is 3.92. The predicted octanol–water partition coefficient (Wildman–Crippen LogP) is 5.17. The van der Waals surface area contributed by atoms with Crippen LogP contribution in [0.15, 0.2) is 41.8 Å². The molecule has 0 amide bonds. The molecular weight excluding hydrogens is 250 g/mol. The van der Waals surface area contributed by atoms with Crippen molar-refractivity contribution in [3.8, 4) is 11.3 Å². The number of fused-ring (bicyclic) bond motifs is 5. The second kappa shape index (κ2) is 3.78. The quantitative estimate of drug-likeness (QED) is 0.426. The van der Waals surface area contributed by atoms with Gasteiger partial charge in [-0.05, 0) is 37.1 Å². The van der Waals surface area contributed by atoms with E-state index in [4.69, 9.17) is 4.98 Å². The molecule has 0 radical (unpaired) electrons. The molecule has 2 heterocycles. The summed E-state index contributed by atoms with van der Waals surface area (Å²) in [4.78, 5) is 4.85. The molecule has 0 spiro atoms. The second-order valence-corrected chi connectivity index (χ2v) is 5.92. The van der Waals surface area contributed by atoms with Crippen LogP contribution < -0.4 is 0 Å². The van der Waals surface area contributed by atoms with Gasteiger partial charge < -0.3 is 0 Å². The van der Waals surface area contributed by atoms with Gasteiger partial charge in [0.2, 0.25) is 0 Å². The maximum absolute atomic E-state index is 4.85. The SMILES string of the molecule is Cc1ccc2nc3c4ccccc4scc-3c2c1C. The van der Waals surface area contributed by atoms with Crippen LogP contribution in [0.2, 0.25) is 0 Å². The van der Waals surface area contributed by atoms with Gasteiger partial charge in [-0.15, -0.1) is 11.3 Å². The lowest BCUT2D eigenvalue weighted by molar-refractivity contribution is 1.38. The van der Waals surface area contributed by atoms with Crippen LogP contribution >= 0.6 is 11.3 Å². The summed E-state index contributed by atoms with van der Waals surface area (Å²) in [6, 6.07) is 12.8. The number of aryl methyl sites for hydroxylation is 2. The molecule has 0 aromatic heterocycles. The summed E-state index contributed by atoms with van der Waals surface area (Å²) < 4.78 is 1.30. The van der Waals surface area contributed by atoms with Gasteiger partial charge in [-0.1, -0.05) is 24.3 Å². The molecular formula is C17H13NS. The third kappa shape index (κ3) is 1.44. The van der Waals surface area contributed by atoms with E-state index in [1.54, 1.807) is 11.3 Å². The molecule has 0 saturated heterocycles. The summed E-state index contributed by atoms with van der Waals surface area (Å²) in [7, 11) is 0. The fraction of sp³-hybridized carbons (Fsp3) is 0.118. The number of benzene rings is 2. The van der Waals surface area contributed by atoms with Gasteiger partial charge in [0.15, 0.2) is 0 Å². The highest BCUT2D eigenvalue weighted by molar-refractivity contribution is 7.17. The van der Waals surface area contributed by atoms with Crippen molar-refractivity contribution in [3.05, 3.63) is 52.9 Å². The van der Waals surface area contributed by atoms with Gasteiger partial charge in [0.1, 0.15) is 0 Å². The van der Waals surface area contributed by atoms with E-state index in [2.05, 4.69) is 55.6 Å². The van der Waals surface area contributed by atoms with Gasteiger partial charge in [-0.2, -0.15) is 0 Å². The average molecular weight is 263 g/mol. The molecule has 0 fully saturated rings. The van der Waals surface area contributed by atoms with E-state index in [1.807, 2.05) is 0 Å². The Morgan fingerprint density at radius 3 is 2.74 bits per heavy atom. The lowest BCUT2D eigenvalue weighted by atomic mass is 10.0. The lowest BCUT2D eigenvalue weighted by Gasteiger charge is -2.05. The molecule has 0 saturated carbocycles. The van der Waals surface area contributed by atoms with E-state index in [0.717, 1.165) is 11.2 Å². The summed E-state index contributed by atoms with van der Waals surface area (Å²) in [5.41, 5.74) is 6.22. The first-order chi connectivity index (χ1) is 9.25. The van der Waals surface area contributed by atoms with Crippen molar-refractivity contribution < 1.29 is 0 Å². The molecule has 2 aliphatic heterocycles. The van der Waals surface area contributed by atoms with Crippen LogP contribution in [0, 0.1) is 13.8 Å². The van der Waals surface area contributed by atoms with Crippen molar-refractivity contribution in [1.82, 2.24) is 4.98 Å². The lowest BCUT2D eigenvalue weighted by Crippen LogP contribution is -1.82. The van der Waals surface area contributed by atoms with Crippen LogP contribution in [-0.2, 0) is 0 Å². The molecule has 92 valence electrons. The van der Waals surface area contributed by atoms with E-state index in [9.17, 15) is 0 Å². The van der Waals surface area contributed by atoms with Crippen molar-refractivity contribution in [3.63, 3.8) is 0 Å². The Hall–Kier alpha value is -1.93. The van der Waals surface area contributed by atoms with Crippen LogP contribution in [0.4, 0.5) is 0 Å². The van der Waals surface area contributed by atoms with Crippen molar-refractivity contribution >= 4 is 32.3 Å². The maximum Gasteiger partial charge on any atom is 0.0811 e. The number of hydrogen-bond acceptors (Lipinski definition) is 2. The first kappa shape index (κ1) is 10.9. The number of rotatable bonds is 0. The van der Waals surface area contributed by atoms with Gasteiger partial charge in [-0.25, -0.2) is 4.98 Å². The summed E-state index contributed by atoms with van der Waals surface area (Å²) >= 11 is 1.80. The minimum Gasteiger partial charge on any atom is -0.247 e. The van der Waals surface area contributed by atoms with Crippen molar-refractivity contribution in [1.29, 1.82) is 0 Å². The Morgan fingerprint density at radius 1 is 1.00 bits per heavy atom. The van der Waals surface area contributed by atoms with E-state index < -0.39 is 0 Å². The zero-order valence-electron chi connectivity index (χ0n) is 10.9. The minimum atomic E-state index is 1.11. The predicted molar refractivity (Wildman–Crippen MR) is 83.2 cm³/mol. The number of aromatic nitrogens is 1. The zero-order chi connectivity index (χ0) is 13.0. The number of hydrogen-bond donors (Lipinski definition) is 0. The average Bonchev–Trinajstić information content (AvgIpc) is 2.82. The van der Waals surface area contributed by atoms with Gasteiger partial charge >= 0.3 is 0 Å². The fourth-order valence-electron chi connectivity index (χ4n) is 2.74. The molecule has 0 N–H and O–H groups in total. The highest BCUT2D eigenvalue weighted by Crippen LogP contribution is 2.40. The largest absolute Gasteiger partial charge is 0.247 e. The van der Waals surface area contributed by atoms with Gasteiger partial charge in [0, 0.05) is 26.4 Å². The van der Waals surface area contributed by atoms with Gasteiger partial charge in [-0.3, -0.25) is 0 Å². The topological polar surface area (TPSA) is 12.9 Å². The molecule has 0 atom stereocenters. The molecule has 4 rings (SSSR count). The first-order valence-electron chi connectivity index (χ1n) is 6.41. The molecule has 2 aromatic carbocycles. The molecule has 2 heteroatoms. The van der Waals surface area contributed by atoms with E-state index in [-0.39, 0.29) is 0 Å². The highest BCUT2D eigenvalue weighted by Gasteiger charge is 2.17. The summed E-state index contributed by atoms with van der Waals surface area (Å²) in [5, 5.41) is 4.83. The Balaban J connectivity index is 2.26. The smallest absolute Gasteiger partial charge is 0.0811 e. The summed E-state index contributed by atoms with van der Waals surface area (Å²) in [5.74, 6) is 0. The highest BCUT2D eigenvalue weighted by atomic mass is 32.1. The molecule has 2 aromatic rings. The molecule has 2 aliphatic rings. The van der Waals surface area contributed by atoms with Gasteiger partial charge in [0.05, 0.1) is 11.2 Å². The summed E-state index contributed by atoms with van der Waals surface area (Å²) in [6.07, 6.45) is 0. The van der Waals surface area contributed by atoms with Crippen LogP contribution in [0.1, 0.15) is 11.1 Å². The van der Waals surface area contributed by atoms with Crippen molar-refractivity contribution in [2.75, 3.05) is 0 Å². The monoisotopic (exact) mass is 263 g/mol. The second-order valence-electron chi connectivity index (χ2n) is 5.01. The number of nitrogens with zero attached hydrogens (tertiary/aromatic N) is 1. The van der Waals surface area contributed by atoms with Gasteiger partial charge in [0.25, 0.3) is 0 Å².